The number of aryl methyl sites for hydroxylation is 1. The second-order valence-electron chi connectivity index (χ2n) is 4.02. The normalized spacial score (nSPS) is 13.7. The summed E-state index contributed by atoms with van der Waals surface area (Å²) >= 11 is 3.35. The zero-order valence-electron chi connectivity index (χ0n) is 9.61. The zero-order valence-corrected chi connectivity index (χ0v) is 12.0. The third kappa shape index (κ3) is 3.59. The van der Waals surface area contributed by atoms with Crippen LogP contribution < -0.4 is 0 Å². The number of sulfone groups is 1. The molecule has 16 heavy (non-hydrogen) atoms. The fraction of sp³-hybridized carbons (Fsp3) is 0.500. The molecule has 1 aromatic carbocycles. The second kappa shape index (κ2) is 5.82. The summed E-state index contributed by atoms with van der Waals surface area (Å²) in [5.41, 5.74) is 1.08. The highest BCUT2D eigenvalue weighted by Crippen LogP contribution is 2.17. The topological polar surface area (TPSA) is 34.1 Å². The first kappa shape index (κ1) is 13.7. The van der Waals surface area contributed by atoms with Crippen LogP contribution in [-0.2, 0) is 9.84 Å². The number of alkyl halides is 1. The summed E-state index contributed by atoms with van der Waals surface area (Å²) in [4.78, 5) is 0.428. The maximum atomic E-state index is 12.1. The number of benzene rings is 1. The van der Waals surface area contributed by atoms with Gasteiger partial charge in [0.1, 0.15) is 0 Å². The molecule has 1 unspecified atom stereocenters. The Balaban J connectivity index is 2.89. The van der Waals surface area contributed by atoms with E-state index in [4.69, 9.17) is 0 Å². The molecule has 4 heteroatoms. The van der Waals surface area contributed by atoms with E-state index in [9.17, 15) is 8.42 Å². The molecular formula is C12H17BrO2S. The molecule has 0 saturated carbocycles. The van der Waals surface area contributed by atoms with Gasteiger partial charge in [-0.05, 0) is 25.0 Å². The molecule has 0 heterocycles. The standard InChI is InChI=1S/C12H17BrO2S/c1-3-11(8-13)9-16(14,15)12-6-4-10(2)5-7-12/h4-7,11H,3,8-9H2,1-2H3. The van der Waals surface area contributed by atoms with Crippen LogP contribution in [0.1, 0.15) is 18.9 Å². The minimum atomic E-state index is -3.13. The lowest BCUT2D eigenvalue weighted by atomic mass is 10.2. The van der Waals surface area contributed by atoms with Crippen LogP contribution in [0.15, 0.2) is 29.2 Å². The van der Waals surface area contributed by atoms with Crippen molar-refractivity contribution in [3.8, 4) is 0 Å². The molecular weight excluding hydrogens is 288 g/mol. The first-order valence-corrected chi connectivity index (χ1v) is 8.12. The largest absolute Gasteiger partial charge is 0.224 e. The van der Waals surface area contributed by atoms with Gasteiger partial charge in [0, 0.05) is 5.33 Å². The van der Waals surface area contributed by atoms with E-state index in [-0.39, 0.29) is 11.7 Å². The molecule has 1 rings (SSSR count). The molecule has 0 aliphatic heterocycles. The van der Waals surface area contributed by atoms with Crippen molar-refractivity contribution < 1.29 is 8.42 Å². The fourth-order valence-electron chi connectivity index (χ4n) is 1.42. The molecule has 0 fully saturated rings. The second-order valence-corrected chi connectivity index (χ2v) is 6.70. The highest BCUT2D eigenvalue weighted by molar-refractivity contribution is 9.09. The van der Waals surface area contributed by atoms with Gasteiger partial charge in [0.05, 0.1) is 10.6 Å². The number of hydrogen-bond donors (Lipinski definition) is 0. The van der Waals surface area contributed by atoms with Crippen molar-refractivity contribution in [1.82, 2.24) is 0 Å². The number of rotatable bonds is 5. The van der Waals surface area contributed by atoms with E-state index in [1.54, 1.807) is 12.1 Å². The van der Waals surface area contributed by atoms with E-state index in [0.29, 0.717) is 4.90 Å². The highest BCUT2D eigenvalue weighted by Gasteiger charge is 2.19. The van der Waals surface area contributed by atoms with Gasteiger partial charge in [-0.2, -0.15) is 0 Å². The van der Waals surface area contributed by atoms with Gasteiger partial charge in [-0.15, -0.1) is 0 Å². The van der Waals surface area contributed by atoms with E-state index in [1.807, 2.05) is 26.0 Å². The van der Waals surface area contributed by atoms with Crippen molar-refractivity contribution in [3.63, 3.8) is 0 Å². The van der Waals surface area contributed by atoms with Crippen LogP contribution >= 0.6 is 15.9 Å². The molecule has 0 bridgehead atoms. The van der Waals surface area contributed by atoms with Gasteiger partial charge in [0.15, 0.2) is 9.84 Å². The molecule has 0 spiro atoms. The Kier molecular flexibility index (Phi) is 4.99. The lowest BCUT2D eigenvalue weighted by Gasteiger charge is -2.11. The van der Waals surface area contributed by atoms with Crippen molar-refractivity contribution in [2.75, 3.05) is 11.1 Å². The highest BCUT2D eigenvalue weighted by atomic mass is 79.9. The molecule has 0 aliphatic carbocycles. The van der Waals surface area contributed by atoms with Gasteiger partial charge in [-0.1, -0.05) is 47.0 Å². The number of hydrogen-bond acceptors (Lipinski definition) is 2. The van der Waals surface area contributed by atoms with Gasteiger partial charge in [-0.3, -0.25) is 0 Å². The minimum Gasteiger partial charge on any atom is -0.224 e. The molecule has 0 saturated heterocycles. The summed E-state index contributed by atoms with van der Waals surface area (Å²) in [6.45, 7) is 3.96. The Hall–Kier alpha value is -0.350. The lowest BCUT2D eigenvalue weighted by Crippen LogP contribution is -2.17. The van der Waals surface area contributed by atoms with E-state index in [1.165, 1.54) is 0 Å². The Labute approximate surface area is 106 Å². The maximum Gasteiger partial charge on any atom is 0.178 e. The Morgan fingerprint density at radius 3 is 2.25 bits per heavy atom. The molecule has 0 radical (unpaired) electrons. The Morgan fingerprint density at radius 1 is 1.25 bits per heavy atom. The minimum absolute atomic E-state index is 0.186. The maximum absolute atomic E-state index is 12.1. The average Bonchev–Trinajstić information content (AvgIpc) is 2.26. The van der Waals surface area contributed by atoms with Crippen LogP contribution in [-0.4, -0.2) is 19.5 Å². The molecule has 0 aliphatic rings. The molecule has 1 aromatic rings. The third-order valence-corrected chi connectivity index (χ3v) is 5.45. The predicted molar refractivity (Wildman–Crippen MR) is 70.8 cm³/mol. The van der Waals surface area contributed by atoms with Crippen molar-refractivity contribution in [3.05, 3.63) is 29.8 Å². The van der Waals surface area contributed by atoms with Crippen LogP contribution in [0.2, 0.25) is 0 Å². The van der Waals surface area contributed by atoms with Crippen molar-refractivity contribution in [1.29, 1.82) is 0 Å². The van der Waals surface area contributed by atoms with Crippen LogP contribution in [0.4, 0.5) is 0 Å². The van der Waals surface area contributed by atoms with E-state index in [0.717, 1.165) is 17.3 Å². The van der Waals surface area contributed by atoms with Crippen molar-refractivity contribution in [2.24, 2.45) is 5.92 Å². The summed E-state index contributed by atoms with van der Waals surface area (Å²) in [7, 11) is -3.13. The van der Waals surface area contributed by atoms with E-state index < -0.39 is 9.84 Å². The van der Waals surface area contributed by atoms with E-state index in [2.05, 4.69) is 15.9 Å². The molecule has 0 amide bonds. The van der Waals surface area contributed by atoms with Gasteiger partial charge >= 0.3 is 0 Å². The quantitative estimate of drug-likeness (QED) is 0.783. The first-order valence-electron chi connectivity index (χ1n) is 5.35. The lowest BCUT2D eigenvalue weighted by molar-refractivity contribution is 0.568. The van der Waals surface area contributed by atoms with E-state index >= 15 is 0 Å². The first-order chi connectivity index (χ1) is 7.49. The molecule has 0 N–H and O–H groups in total. The number of halogens is 1. The summed E-state index contributed by atoms with van der Waals surface area (Å²) in [5.74, 6) is 0.406. The molecule has 2 nitrogen and oxygen atoms in total. The summed E-state index contributed by atoms with van der Waals surface area (Å²) in [6, 6.07) is 7.04. The summed E-state index contributed by atoms with van der Waals surface area (Å²) in [5, 5.41) is 0.731. The zero-order chi connectivity index (χ0) is 12.2. The molecule has 1 atom stereocenters. The Bertz CT molecular complexity index is 419. The van der Waals surface area contributed by atoms with Crippen molar-refractivity contribution >= 4 is 25.8 Å². The predicted octanol–water partition coefficient (Wildman–Crippen LogP) is 3.19. The van der Waals surface area contributed by atoms with Crippen molar-refractivity contribution in [2.45, 2.75) is 25.2 Å². The fourth-order valence-corrected chi connectivity index (χ4v) is 4.13. The monoisotopic (exact) mass is 304 g/mol. The summed E-state index contributed by atoms with van der Waals surface area (Å²) < 4.78 is 24.1. The molecule has 0 aromatic heterocycles. The van der Waals surface area contributed by atoms with Crippen LogP contribution in [0.5, 0.6) is 0 Å². The average molecular weight is 305 g/mol. The molecule has 90 valence electrons. The van der Waals surface area contributed by atoms with Crippen LogP contribution in [0.3, 0.4) is 0 Å². The smallest absolute Gasteiger partial charge is 0.178 e. The summed E-state index contributed by atoms with van der Waals surface area (Å²) in [6.07, 6.45) is 0.871. The van der Waals surface area contributed by atoms with Gasteiger partial charge in [0.25, 0.3) is 0 Å². The Morgan fingerprint density at radius 2 is 1.81 bits per heavy atom. The third-order valence-electron chi connectivity index (χ3n) is 2.63. The van der Waals surface area contributed by atoms with Crippen LogP contribution in [0.25, 0.3) is 0 Å². The van der Waals surface area contributed by atoms with Gasteiger partial charge in [-0.25, -0.2) is 8.42 Å². The van der Waals surface area contributed by atoms with Crippen LogP contribution in [0, 0.1) is 12.8 Å². The SMILES string of the molecule is CCC(CBr)CS(=O)(=O)c1ccc(C)cc1. The van der Waals surface area contributed by atoms with Gasteiger partial charge in [0.2, 0.25) is 0 Å². The van der Waals surface area contributed by atoms with Gasteiger partial charge < -0.3 is 0 Å².